The van der Waals surface area contributed by atoms with Gasteiger partial charge in [0.1, 0.15) is 0 Å². The van der Waals surface area contributed by atoms with E-state index in [9.17, 15) is 0 Å². The second-order valence-electron chi connectivity index (χ2n) is 6.48. The van der Waals surface area contributed by atoms with E-state index in [1.807, 2.05) is 7.11 Å². The molecule has 4 nitrogen and oxygen atoms in total. The van der Waals surface area contributed by atoms with Crippen molar-refractivity contribution >= 4 is 0 Å². The maximum absolute atomic E-state index is 5.71. The Balaban J connectivity index is 1.83. The summed E-state index contributed by atoms with van der Waals surface area (Å²) in [6.07, 6.45) is 4.01. The highest BCUT2D eigenvalue weighted by molar-refractivity contribution is 4.85. The molecule has 0 aromatic rings. The summed E-state index contributed by atoms with van der Waals surface area (Å²) in [5.41, 5.74) is 0. The molecule has 0 bridgehead atoms. The first-order valence-corrected chi connectivity index (χ1v) is 8.30. The third-order valence-corrected chi connectivity index (χ3v) is 4.90. The SMILES string of the molecule is CCCNC1CCOCC1CN1CCC(C)C(OC)C1. The lowest BCUT2D eigenvalue weighted by Gasteiger charge is -2.40. The van der Waals surface area contributed by atoms with Gasteiger partial charge in [-0.1, -0.05) is 13.8 Å². The number of nitrogens with one attached hydrogen (secondary N) is 1. The van der Waals surface area contributed by atoms with E-state index in [4.69, 9.17) is 9.47 Å². The van der Waals surface area contributed by atoms with Crippen molar-refractivity contribution in [1.82, 2.24) is 10.2 Å². The molecular weight excluding hydrogens is 252 g/mol. The van der Waals surface area contributed by atoms with Gasteiger partial charge in [-0.3, -0.25) is 0 Å². The fraction of sp³-hybridized carbons (Fsp3) is 1.00. The Hall–Kier alpha value is -0.160. The highest BCUT2D eigenvalue weighted by Gasteiger charge is 2.31. The normalized spacial score (nSPS) is 36.1. The van der Waals surface area contributed by atoms with Gasteiger partial charge in [-0.05, 0) is 38.3 Å². The predicted molar refractivity (Wildman–Crippen MR) is 82.0 cm³/mol. The van der Waals surface area contributed by atoms with Crippen LogP contribution in [0, 0.1) is 11.8 Å². The Labute approximate surface area is 124 Å². The second-order valence-corrected chi connectivity index (χ2v) is 6.48. The van der Waals surface area contributed by atoms with Gasteiger partial charge in [0.25, 0.3) is 0 Å². The van der Waals surface area contributed by atoms with Crippen LogP contribution in [0.2, 0.25) is 0 Å². The van der Waals surface area contributed by atoms with Gasteiger partial charge in [-0.25, -0.2) is 0 Å². The fourth-order valence-electron chi connectivity index (χ4n) is 3.48. The van der Waals surface area contributed by atoms with Gasteiger partial charge in [0, 0.05) is 38.8 Å². The molecule has 4 unspecified atom stereocenters. The third kappa shape index (κ3) is 4.42. The van der Waals surface area contributed by atoms with E-state index in [1.165, 1.54) is 19.4 Å². The minimum Gasteiger partial charge on any atom is -0.381 e. The minimum atomic E-state index is 0.398. The summed E-state index contributed by atoms with van der Waals surface area (Å²) < 4.78 is 11.3. The Bertz CT molecular complexity index is 275. The molecule has 0 radical (unpaired) electrons. The molecule has 4 heteroatoms. The topological polar surface area (TPSA) is 33.7 Å². The summed E-state index contributed by atoms with van der Waals surface area (Å²) in [7, 11) is 1.85. The first kappa shape index (κ1) is 16.2. The van der Waals surface area contributed by atoms with Crippen LogP contribution >= 0.6 is 0 Å². The Morgan fingerprint density at radius 1 is 1.35 bits per heavy atom. The number of nitrogens with zero attached hydrogens (tertiary/aromatic N) is 1. The maximum atomic E-state index is 5.71. The molecule has 2 aliphatic heterocycles. The zero-order valence-electron chi connectivity index (χ0n) is 13.4. The zero-order valence-corrected chi connectivity index (χ0v) is 13.4. The van der Waals surface area contributed by atoms with Crippen LogP contribution in [0.3, 0.4) is 0 Å². The lowest BCUT2D eigenvalue weighted by Crippen LogP contribution is -2.51. The molecule has 0 amide bonds. The number of rotatable bonds is 6. The van der Waals surface area contributed by atoms with E-state index in [1.54, 1.807) is 0 Å². The molecule has 2 heterocycles. The van der Waals surface area contributed by atoms with Crippen LogP contribution in [-0.2, 0) is 9.47 Å². The molecule has 0 saturated carbocycles. The van der Waals surface area contributed by atoms with Crippen LogP contribution < -0.4 is 5.32 Å². The van der Waals surface area contributed by atoms with Gasteiger partial charge in [-0.15, -0.1) is 0 Å². The maximum Gasteiger partial charge on any atom is 0.0724 e. The van der Waals surface area contributed by atoms with Crippen molar-refractivity contribution in [2.45, 2.75) is 45.3 Å². The summed E-state index contributed by atoms with van der Waals surface area (Å²) in [4.78, 5) is 2.58. The molecule has 118 valence electrons. The molecule has 0 spiro atoms. The summed E-state index contributed by atoms with van der Waals surface area (Å²) in [6, 6.07) is 0.629. The van der Waals surface area contributed by atoms with E-state index >= 15 is 0 Å². The molecule has 1 N–H and O–H groups in total. The number of likely N-dealkylation sites (tertiary alicyclic amines) is 1. The highest BCUT2D eigenvalue weighted by atomic mass is 16.5. The van der Waals surface area contributed by atoms with Gasteiger partial charge in [0.05, 0.1) is 12.7 Å². The Morgan fingerprint density at radius 3 is 2.95 bits per heavy atom. The molecule has 4 atom stereocenters. The number of methoxy groups -OCH3 is 1. The summed E-state index contributed by atoms with van der Waals surface area (Å²) >= 11 is 0. The van der Waals surface area contributed by atoms with E-state index in [2.05, 4.69) is 24.1 Å². The molecule has 20 heavy (non-hydrogen) atoms. The van der Waals surface area contributed by atoms with Gasteiger partial charge >= 0.3 is 0 Å². The fourth-order valence-corrected chi connectivity index (χ4v) is 3.48. The van der Waals surface area contributed by atoms with Crippen LogP contribution in [0.4, 0.5) is 0 Å². The van der Waals surface area contributed by atoms with Crippen molar-refractivity contribution in [2.24, 2.45) is 11.8 Å². The molecule has 2 fully saturated rings. The van der Waals surface area contributed by atoms with Gasteiger partial charge in [-0.2, -0.15) is 0 Å². The van der Waals surface area contributed by atoms with Gasteiger partial charge < -0.3 is 19.7 Å². The standard InChI is InChI=1S/C16H32N2O2/c1-4-7-17-15-6-9-20-12-14(15)10-18-8-5-13(2)16(11-18)19-3/h13-17H,4-12H2,1-3H3. The van der Waals surface area contributed by atoms with Crippen LogP contribution in [0.15, 0.2) is 0 Å². The van der Waals surface area contributed by atoms with Crippen LogP contribution in [-0.4, -0.2) is 63.5 Å². The quantitative estimate of drug-likeness (QED) is 0.806. The van der Waals surface area contributed by atoms with E-state index in [-0.39, 0.29) is 0 Å². The predicted octanol–water partition coefficient (Wildman–Crippen LogP) is 1.75. The lowest BCUT2D eigenvalue weighted by atomic mass is 9.91. The van der Waals surface area contributed by atoms with Crippen LogP contribution in [0.1, 0.15) is 33.1 Å². The Kier molecular flexibility index (Phi) is 6.75. The first-order valence-electron chi connectivity index (χ1n) is 8.30. The van der Waals surface area contributed by atoms with Crippen molar-refractivity contribution in [3.8, 4) is 0 Å². The summed E-state index contributed by atoms with van der Waals surface area (Å²) in [5.74, 6) is 1.31. The summed E-state index contributed by atoms with van der Waals surface area (Å²) in [6.45, 7) is 10.9. The highest BCUT2D eigenvalue weighted by Crippen LogP contribution is 2.23. The van der Waals surface area contributed by atoms with Crippen molar-refractivity contribution in [2.75, 3.05) is 46.5 Å². The van der Waals surface area contributed by atoms with Crippen LogP contribution in [0.25, 0.3) is 0 Å². The van der Waals surface area contributed by atoms with Crippen molar-refractivity contribution in [3.05, 3.63) is 0 Å². The number of piperidine rings is 1. The van der Waals surface area contributed by atoms with E-state index < -0.39 is 0 Å². The average molecular weight is 284 g/mol. The lowest BCUT2D eigenvalue weighted by molar-refractivity contribution is -0.0288. The largest absolute Gasteiger partial charge is 0.381 e. The number of hydrogen-bond acceptors (Lipinski definition) is 4. The first-order chi connectivity index (χ1) is 9.74. The molecule has 2 saturated heterocycles. The smallest absolute Gasteiger partial charge is 0.0724 e. The second kappa shape index (κ2) is 8.32. The van der Waals surface area contributed by atoms with Crippen molar-refractivity contribution < 1.29 is 9.47 Å². The molecule has 0 aliphatic carbocycles. The van der Waals surface area contributed by atoms with Crippen molar-refractivity contribution in [1.29, 1.82) is 0 Å². The minimum absolute atomic E-state index is 0.398. The van der Waals surface area contributed by atoms with Gasteiger partial charge in [0.15, 0.2) is 0 Å². The molecule has 0 aromatic heterocycles. The summed E-state index contributed by atoms with van der Waals surface area (Å²) in [5, 5.41) is 3.71. The molecule has 0 aromatic carbocycles. The van der Waals surface area contributed by atoms with Gasteiger partial charge in [0.2, 0.25) is 0 Å². The molecular formula is C16H32N2O2. The molecule has 2 rings (SSSR count). The van der Waals surface area contributed by atoms with Crippen molar-refractivity contribution in [3.63, 3.8) is 0 Å². The third-order valence-electron chi connectivity index (χ3n) is 4.90. The van der Waals surface area contributed by atoms with E-state index in [0.717, 1.165) is 39.3 Å². The Morgan fingerprint density at radius 2 is 2.20 bits per heavy atom. The number of ether oxygens (including phenoxy) is 2. The molecule has 2 aliphatic rings. The monoisotopic (exact) mass is 284 g/mol. The van der Waals surface area contributed by atoms with Crippen LogP contribution in [0.5, 0.6) is 0 Å². The zero-order chi connectivity index (χ0) is 14.4. The average Bonchev–Trinajstić information content (AvgIpc) is 2.48. The van der Waals surface area contributed by atoms with E-state index in [0.29, 0.717) is 24.0 Å². The number of hydrogen-bond donors (Lipinski definition) is 1.